The third kappa shape index (κ3) is 2.99. The van der Waals surface area contributed by atoms with Crippen molar-refractivity contribution in [2.45, 2.75) is 30.7 Å². The monoisotopic (exact) mass is 304 g/mol. The summed E-state index contributed by atoms with van der Waals surface area (Å²) >= 11 is 0. The van der Waals surface area contributed by atoms with Crippen LogP contribution < -0.4 is 5.32 Å². The standard InChI is InChI=1S/C13H18F2N2O2S/c1-2-7-17(11-5-6-16-9-11)20(18,19)13-4-3-10(14)8-12(13)15/h3-4,8,11,16H,2,5-7,9H2,1H3. The van der Waals surface area contributed by atoms with Crippen molar-refractivity contribution in [1.29, 1.82) is 0 Å². The zero-order chi connectivity index (χ0) is 14.8. The Morgan fingerprint density at radius 2 is 2.15 bits per heavy atom. The van der Waals surface area contributed by atoms with E-state index in [1.807, 2.05) is 6.92 Å². The molecule has 1 unspecified atom stereocenters. The van der Waals surface area contributed by atoms with E-state index in [4.69, 9.17) is 0 Å². The highest BCUT2D eigenvalue weighted by Crippen LogP contribution is 2.24. The molecule has 0 amide bonds. The largest absolute Gasteiger partial charge is 0.315 e. The predicted octanol–water partition coefficient (Wildman–Crippen LogP) is 1.73. The second-order valence-corrected chi connectivity index (χ2v) is 6.70. The highest BCUT2D eigenvalue weighted by molar-refractivity contribution is 7.89. The molecule has 1 aromatic rings. The molecule has 0 radical (unpaired) electrons. The SMILES string of the molecule is CCCN(C1CCNC1)S(=O)(=O)c1ccc(F)cc1F. The normalized spacial score (nSPS) is 19.7. The second-order valence-electron chi connectivity index (χ2n) is 4.84. The molecule has 0 aliphatic carbocycles. The molecule has 1 aliphatic heterocycles. The second kappa shape index (κ2) is 6.15. The molecule has 4 nitrogen and oxygen atoms in total. The molecule has 20 heavy (non-hydrogen) atoms. The number of nitrogens with zero attached hydrogens (tertiary/aromatic N) is 1. The summed E-state index contributed by atoms with van der Waals surface area (Å²) < 4.78 is 53.2. The van der Waals surface area contributed by atoms with Crippen LogP contribution >= 0.6 is 0 Å². The lowest BCUT2D eigenvalue weighted by molar-refractivity contribution is 0.333. The minimum Gasteiger partial charge on any atom is -0.315 e. The van der Waals surface area contributed by atoms with Gasteiger partial charge in [-0.25, -0.2) is 17.2 Å². The summed E-state index contributed by atoms with van der Waals surface area (Å²) in [6.07, 6.45) is 1.33. The summed E-state index contributed by atoms with van der Waals surface area (Å²) in [5.41, 5.74) is 0. The van der Waals surface area contributed by atoms with Crippen molar-refractivity contribution in [3.05, 3.63) is 29.8 Å². The quantitative estimate of drug-likeness (QED) is 0.901. The first-order valence-electron chi connectivity index (χ1n) is 6.64. The first-order valence-corrected chi connectivity index (χ1v) is 8.08. The number of sulfonamides is 1. The van der Waals surface area contributed by atoms with E-state index in [0.29, 0.717) is 32.0 Å². The molecule has 1 aliphatic rings. The summed E-state index contributed by atoms with van der Waals surface area (Å²) in [6, 6.07) is 2.38. The Kier molecular flexibility index (Phi) is 4.72. The minimum atomic E-state index is -3.94. The van der Waals surface area contributed by atoms with Crippen LogP contribution in [0.2, 0.25) is 0 Å². The maximum atomic E-state index is 13.8. The Labute approximate surface area is 117 Å². The molecular weight excluding hydrogens is 286 g/mol. The van der Waals surface area contributed by atoms with Crippen molar-refractivity contribution in [3.63, 3.8) is 0 Å². The zero-order valence-corrected chi connectivity index (χ0v) is 12.1. The highest BCUT2D eigenvalue weighted by atomic mass is 32.2. The first-order chi connectivity index (χ1) is 9.46. The average molecular weight is 304 g/mol. The van der Waals surface area contributed by atoms with E-state index in [9.17, 15) is 17.2 Å². The van der Waals surface area contributed by atoms with Crippen LogP contribution in [0.4, 0.5) is 8.78 Å². The van der Waals surface area contributed by atoms with E-state index >= 15 is 0 Å². The van der Waals surface area contributed by atoms with Gasteiger partial charge in [-0.05, 0) is 31.5 Å². The molecule has 0 saturated carbocycles. The van der Waals surface area contributed by atoms with Crippen LogP contribution in [0.25, 0.3) is 0 Å². The van der Waals surface area contributed by atoms with Crippen molar-refractivity contribution in [1.82, 2.24) is 9.62 Å². The van der Waals surface area contributed by atoms with Crippen LogP contribution in [0.15, 0.2) is 23.1 Å². The summed E-state index contributed by atoms with van der Waals surface area (Å²) in [5, 5.41) is 3.10. The number of hydrogen-bond acceptors (Lipinski definition) is 3. The molecule has 1 aromatic carbocycles. The van der Waals surface area contributed by atoms with Gasteiger partial charge in [0.2, 0.25) is 10.0 Å². The van der Waals surface area contributed by atoms with Gasteiger partial charge in [0.1, 0.15) is 16.5 Å². The van der Waals surface area contributed by atoms with Gasteiger partial charge in [-0.2, -0.15) is 4.31 Å². The lowest BCUT2D eigenvalue weighted by atomic mass is 10.2. The minimum absolute atomic E-state index is 0.176. The Hall–Kier alpha value is -1.05. The van der Waals surface area contributed by atoms with Crippen LogP contribution in [0.5, 0.6) is 0 Å². The van der Waals surface area contributed by atoms with Crippen molar-refractivity contribution in [2.75, 3.05) is 19.6 Å². The summed E-state index contributed by atoms with van der Waals surface area (Å²) in [7, 11) is -3.94. The smallest absolute Gasteiger partial charge is 0.246 e. The van der Waals surface area contributed by atoms with Crippen molar-refractivity contribution in [2.24, 2.45) is 0 Å². The third-order valence-corrected chi connectivity index (χ3v) is 5.35. The van der Waals surface area contributed by atoms with Crippen molar-refractivity contribution >= 4 is 10.0 Å². The Balaban J connectivity index is 2.39. The Morgan fingerprint density at radius 1 is 1.40 bits per heavy atom. The molecule has 1 atom stereocenters. The molecule has 0 bridgehead atoms. The van der Waals surface area contributed by atoms with Gasteiger partial charge in [-0.1, -0.05) is 6.92 Å². The zero-order valence-electron chi connectivity index (χ0n) is 11.3. The molecular formula is C13H18F2N2O2S. The molecule has 1 saturated heterocycles. The Bertz CT molecular complexity index is 572. The molecule has 0 aromatic heterocycles. The molecule has 1 fully saturated rings. The van der Waals surface area contributed by atoms with E-state index in [2.05, 4.69) is 5.32 Å². The van der Waals surface area contributed by atoms with Gasteiger partial charge in [-0.3, -0.25) is 0 Å². The van der Waals surface area contributed by atoms with E-state index in [0.717, 1.165) is 18.7 Å². The molecule has 1 heterocycles. The first kappa shape index (κ1) is 15.3. The van der Waals surface area contributed by atoms with Gasteiger partial charge >= 0.3 is 0 Å². The number of hydrogen-bond donors (Lipinski definition) is 1. The van der Waals surface area contributed by atoms with Gasteiger partial charge < -0.3 is 5.32 Å². The summed E-state index contributed by atoms with van der Waals surface area (Å²) in [4.78, 5) is -0.459. The average Bonchev–Trinajstić information content (AvgIpc) is 2.88. The highest BCUT2D eigenvalue weighted by Gasteiger charge is 2.34. The van der Waals surface area contributed by atoms with Gasteiger partial charge in [0.25, 0.3) is 0 Å². The van der Waals surface area contributed by atoms with E-state index in [1.165, 1.54) is 4.31 Å². The number of nitrogens with one attached hydrogen (secondary N) is 1. The van der Waals surface area contributed by atoms with Crippen molar-refractivity contribution < 1.29 is 17.2 Å². The van der Waals surface area contributed by atoms with Gasteiger partial charge in [0.05, 0.1) is 0 Å². The maximum Gasteiger partial charge on any atom is 0.246 e. The molecule has 2 rings (SSSR count). The van der Waals surface area contributed by atoms with Crippen LogP contribution in [-0.2, 0) is 10.0 Å². The third-order valence-electron chi connectivity index (χ3n) is 3.37. The van der Waals surface area contributed by atoms with Crippen LogP contribution in [0.3, 0.4) is 0 Å². The number of benzene rings is 1. The maximum absolute atomic E-state index is 13.8. The number of rotatable bonds is 5. The molecule has 0 spiro atoms. The van der Waals surface area contributed by atoms with Crippen molar-refractivity contribution in [3.8, 4) is 0 Å². The van der Waals surface area contributed by atoms with E-state index in [-0.39, 0.29) is 6.04 Å². The fraction of sp³-hybridized carbons (Fsp3) is 0.538. The topological polar surface area (TPSA) is 49.4 Å². The molecule has 7 heteroatoms. The fourth-order valence-electron chi connectivity index (χ4n) is 2.42. The fourth-order valence-corrected chi connectivity index (χ4v) is 4.21. The van der Waals surface area contributed by atoms with E-state index in [1.54, 1.807) is 0 Å². The lowest BCUT2D eigenvalue weighted by Gasteiger charge is -2.27. The van der Waals surface area contributed by atoms with Crippen LogP contribution in [0, 0.1) is 11.6 Å². The van der Waals surface area contributed by atoms with Crippen LogP contribution in [0.1, 0.15) is 19.8 Å². The number of halogens is 2. The Morgan fingerprint density at radius 3 is 2.70 bits per heavy atom. The van der Waals surface area contributed by atoms with Gasteiger partial charge in [-0.15, -0.1) is 0 Å². The van der Waals surface area contributed by atoms with Crippen LogP contribution in [-0.4, -0.2) is 38.4 Å². The van der Waals surface area contributed by atoms with E-state index < -0.39 is 26.6 Å². The lowest BCUT2D eigenvalue weighted by Crippen LogP contribution is -2.42. The van der Waals surface area contributed by atoms with Gasteiger partial charge in [0, 0.05) is 25.2 Å². The summed E-state index contributed by atoms with van der Waals surface area (Å²) in [6.45, 7) is 3.49. The molecule has 112 valence electrons. The van der Waals surface area contributed by atoms with Gasteiger partial charge in [0.15, 0.2) is 0 Å². The summed E-state index contributed by atoms with van der Waals surface area (Å²) in [5.74, 6) is -1.83. The predicted molar refractivity (Wildman–Crippen MR) is 71.8 cm³/mol. The molecule has 1 N–H and O–H groups in total.